The lowest BCUT2D eigenvalue weighted by molar-refractivity contribution is 0.0511. The van der Waals surface area contributed by atoms with Crippen molar-refractivity contribution >= 4 is 11.4 Å². The summed E-state index contributed by atoms with van der Waals surface area (Å²) in [7, 11) is 3.15. The summed E-state index contributed by atoms with van der Waals surface area (Å²) in [6.45, 7) is 0.209. The van der Waals surface area contributed by atoms with Gasteiger partial charge in [0.2, 0.25) is 5.78 Å². The second kappa shape index (κ2) is 8.75. The molecule has 0 atom stereocenters. The molecular formula is C23H21N3O4. The van der Waals surface area contributed by atoms with E-state index in [4.69, 9.17) is 14.2 Å². The van der Waals surface area contributed by atoms with Crippen LogP contribution in [0.5, 0.6) is 11.5 Å². The summed E-state index contributed by atoms with van der Waals surface area (Å²) in [5.74, 6) is 1.20. The normalized spacial score (nSPS) is 10.9. The van der Waals surface area contributed by atoms with E-state index in [0.717, 1.165) is 17.0 Å². The monoisotopic (exact) mass is 403 g/mol. The second-order valence-electron chi connectivity index (χ2n) is 6.67. The van der Waals surface area contributed by atoms with Crippen LogP contribution in [-0.2, 0) is 11.2 Å². The lowest BCUT2D eigenvalue weighted by Crippen LogP contribution is -2.09. The number of ether oxygens (including phenoxy) is 3. The van der Waals surface area contributed by atoms with Crippen molar-refractivity contribution in [3.63, 3.8) is 0 Å². The van der Waals surface area contributed by atoms with E-state index in [-0.39, 0.29) is 12.6 Å². The number of nitrogens with zero attached hydrogens (tertiary/aromatic N) is 3. The maximum Gasteiger partial charge on any atom is 0.213 e. The molecule has 0 N–H and O–H groups in total. The van der Waals surface area contributed by atoms with Crippen molar-refractivity contribution in [3.05, 3.63) is 89.4 Å². The van der Waals surface area contributed by atoms with Gasteiger partial charge in [0.1, 0.15) is 17.2 Å². The maximum absolute atomic E-state index is 12.9. The smallest absolute Gasteiger partial charge is 0.213 e. The molecule has 2 aromatic heterocycles. The van der Waals surface area contributed by atoms with Gasteiger partial charge in [0.15, 0.2) is 12.4 Å². The predicted octanol–water partition coefficient (Wildman–Crippen LogP) is 3.54. The molecule has 0 saturated carbocycles. The molecule has 0 aliphatic carbocycles. The Labute approximate surface area is 173 Å². The highest BCUT2D eigenvalue weighted by atomic mass is 16.7. The van der Waals surface area contributed by atoms with E-state index in [9.17, 15) is 4.79 Å². The molecule has 4 rings (SSSR count). The molecule has 0 radical (unpaired) electrons. The van der Waals surface area contributed by atoms with Crippen molar-refractivity contribution in [2.75, 3.05) is 21.0 Å². The lowest BCUT2D eigenvalue weighted by Gasteiger charge is -2.07. The van der Waals surface area contributed by atoms with Gasteiger partial charge in [-0.25, -0.2) is 9.50 Å². The fourth-order valence-corrected chi connectivity index (χ4v) is 3.11. The molecule has 0 fully saturated rings. The Morgan fingerprint density at radius 2 is 1.83 bits per heavy atom. The van der Waals surface area contributed by atoms with Crippen LogP contribution in [0.2, 0.25) is 0 Å². The van der Waals surface area contributed by atoms with Gasteiger partial charge < -0.3 is 14.2 Å². The fraction of sp³-hybridized carbons (Fsp3) is 0.174. The second-order valence-corrected chi connectivity index (χ2v) is 6.67. The molecular weight excluding hydrogens is 382 g/mol. The highest BCUT2D eigenvalue weighted by Gasteiger charge is 2.14. The van der Waals surface area contributed by atoms with Crippen LogP contribution in [0.1, 0.15) is 27.3 Å². The number of ketones is 1. The lowest BCUT2D eigenvalue weighted by atomic mass is 10.1. The average Bonchev–Trinajstić information content (AvgIpc) is 3.20. The topological polar surface area (TPSA) is 75.0 Å². The molecule has 152 valence electrons. The Bertz CT molecular complexity index is 1170. The van der Waals surface area contributed by atoms with E-state index in [1.165, 1.54) is 0 Å². The third-order valence-electron chi connectivity index (χ3n) is 4.65. The van der Waals surface area contributed by atoms with Gasteiger partial charge in [0.25, 0.3) is 0 Å². The Hall–Kier alpha value is -3.71. The van der Waals surface area contributed by atoms with E-state index in [1.807, 2.05) is 24.3 Å². The summed E-state index contributed by atoms with van der Waals surface area (Å²) in [5, 5.41) is 4.54. The van der Waals surface area contributed by atoms with Crippen molar-refractivity contribution in [3.8, 4) is 11.5 Å². The average molecular weight is 403 g/mol. The molecule has 2 aromatic carbocycles. The molecule has 0 unspecified atom stereocenters. The van der Waals surface area contributed by atoms with Crippen LogP contribution in [0.3, 0.4) is 0 Å². The van der Waals surface area contributed by atoms with Crippen LogP contribution < -0.4 is 9.47 Å². The summed E-state index contributed by atoms with van der Waals surface area (Å²) >= 11 is 0. The third kappa shape index (κ3) is 4.16. The van der Waals surface area contributed by atoms with E-state index in [1.54, 1.807) is 61.3 Å². The summed E-state index contributed by atoms with van der Waals surface area (Å²) in [6.07, 6.45) is 2.40. The first-order valence-corrected chi connectivity index (χ1v) is 9.41. The van der Waals surface area contributed by atoms with Crippen molar-refractivity contribution in [2.24, 2.45) is 0 Å². The number of hydrogen-bond acceptors (Lipinski definition) is 6. The summed E-state index contributed by atoms with van der Waals surface area (Å²) in [5.41, 5.74) is 3.52. The Morgan fingerprint density at radius 3 is 2.60 bits per heavy atom. The van der Waals surface area contributed by atoms with E-state index in [0.29, 0.717) is 29.1 Å². The minimum atomic E-state index is -0.171. The number of benzene rings is 2. The minimum Gasteiger partial charge on any atom is -0.497 e. The van der Waals surface area contributed by atoms with Crippen LogP contribution in [0.25, 0.3) is 5.65 Å². The minimum absolute atomic E-state index is 0.171. The van der Waals surface area contributed by atoms with Gasteiger partial charge in [-0.2, -0.15) is 5.10 Å². The summed E-state index contributed by atoms with van der Waals surface area (Å²) in [6, 6.07) is 18.3. The van der Waals surface area contributed by atoms with Crippen LogP contribution in [0.15, 0.2) is 66.9 Å². The molecule has 0 aliphatic rings. The number of imidazole rings is 1. The molecule has 0 bridgehead atoms. The number of carbonyl (C=O) groups is 1. The number of carbonyl (C=O) groups excluding carboxylic acids is 1. The molecule has 0 aliphatic heterocycles. The first-order valence-electron chi connectivity index (χ1n) is 9.41. The van der Waals surface area contributed by atoms with Gasteiger partial charge in [-0.15, -0.1) is 0 Å². The molecule has 30 heavy (non-hydrogen) atoms. The standard InChI is InChI=1S/C23H21N3O4/c1-28-15-30-19-8-6-16(7-9-19)12-18-14-24-22-11-10-21(25-26(18)22)23(27)17-4-3-5-20(13-17)29-2/h3-11,13-14H,12,15H2,1-2H3. The maximum atomic E-state index is 12.9. The van der Waals surface area contributed by atoms with Gasteiger partial charge in [-0.3, -0.25) is 4.79 Å². The fourth-order valence-electron chi connectivity index (χ4n) is 3.11. The highest BCUT2D eigenvalue weighted by Crippen LogP contribution is 2.18. The first kappa shape index (κ1) is 19.6. The Kier molecular flexibility index (Phi) is 5.72. The molecule has 4 aromatic rings. The van der Waals surface area contributed by atoms with Crippen LogP contribution >= 0.6 is 0 Å². The van der Waals surface area contributed by atoms with Crippen molar-refractivity contribution in [1.82, 2.24) is 14.6 Å². The van der Waals surface area contributed by atoms with Gasteiger partial charge in [-0.1, -0.05) is 24.3 Å². The first-order chi connectivity index (χ1) is 14.7. The van der Waals surface area contributed by atoms with Crippen molar-refractivity contribution < 1.29 is 19.0 Å². The molecule has 0 amide bonds. The third-order valence-corrected chi connectivity index (χ3v) is 4.65. The summed E-state index contributed by atoms with van der Waals surface area (Å²) in [4.78, 5) is 17.3. The van der Waals surface area contributed by atoms with Crippen molar-refractivity contribution in [1.29, 1.82) is 0 Å². The zero-order chi connectivity index (χ0) is 20.9. The van der Waals surface area contributed by atoms with E-state index < -0.39 is 0 Å². The van der Waals surface area contributed by atoms with Crippen LogP contribution in [-0.4, -0.2) is 41.4 Å². The van der Waals surface area contributed by atoms with Crippen molar-refractivity contribution in [2.45, 2.75) is 6.42 Å². The zero-order valence-electron chi connectivity index (χ0n) is 16.7. The largest absolute Gasteiger partial charge is 0.497 e. The summed E-state index contributed by atoms with van der Waals surface area (Å²) < 4.78 is 17.2. The number of methoxy groups -OCH3 is 2. The SMILES string of the molecule is COCOc1ccc(Cc2cnc3ccc(C(=O)c4cccc(OC)c4)nn23)cc1. The Morgan fingerprint density at radius 1 is 1.00 bits per heavy atom. The number of fused-ring (bicyclic) bond motifs is 1. The van der Waals surface area contributed by atoms with Gasteiger partial charge in [0.05, 0.1) is 19.0 Å². The Balaban J connectivity index is 1.59. The van der Waals surface area contributed by atoms with Crippen LogP contribution in [0, 0.1) is 0 Å². The number of rotatable bonds is 8. The van der Waals surface area contributed by atoms with Gasteiger partial charge in [-0.05, 0) is 42.0 Å². The molecule has 0 saturated heterocycles. The highest BCUT2D eigenvalue weighted by molar-refractivity contribution is 6.07. The molecule has 7 heteroatoms. The van der Waals surface area contributed by atoms with Crippen LogP contribution in [0.4, 0.5) is 0 Å². The quantitative estimate of drug-likeness (QED) is 0.331. The van der Waals surface area contributed by atoms with Gasteiger partial charge >= 0.3 is 0 Å². The van der Waals surface area contributed by atoms with E-state index in [2.05, 4.69) is 10.1 Å². The van der Waals surface area contributed by atoms with Gasteiger partial charge in [0, 0.05) is 19.1 Å². The molecule has 0 spiro atoms. The number of aromatic nitrogens is 3. The number of hydrogen-bond donors (Lipinski definition) is 0. The molecule has 7 nitrogen and oxygen atoms in total. The zero-order valence-corrected chi connectivity index (χ0v) is 16.7. The van der Waals surface area contributed by atoms with E-state index >= 15 is 0 Å². The molecule has 2 heterocycles. The predicted molar refractivity (Wildman–Crippen MR) is 111 cm³/mol.